The standard InChI is InChI=1S/C11H20/c1-9(2)10-6-5-7-11(3,4)8-10/h5-8H2,1-4H3. The smallest absolute Gasteiger partial charge is 0.0266 e. The van der Waals surface area contributed by atoms with Crippen molar-refractivity contribution in [2.24, 2.45) is 5.41 Å². The van der Waals surface area contributed by atoms with Crippen molar-refractivity contribution in [3.63, 3.8) is 0 Å². The van der Waals surface area contributed by atoms with Gasteiger partial charge in [0.2, 0.25) is 0 Å². The maximum atomic E-state index is 2.38. The van der Waals surface area contributed by atoms with Gasteiger partial charge in [-0.05, 0) is 44.9 Å². The monoisotopic (exact) mass is 152 g/mol. The van der Waals surface area contributed by atoms with Crippen molar-refractivity contribution >= 4 is 0 Å². The van der Waals surface area contributed by atoms with Gasteiger partial charge in [0.05, 0.1) is 0 Å². The van der Waals surface area contributed by atoms with Crippen LogP contribution in [0.5, 0.6) is 0 Å². The molecule has 0 heterocycles. The molecular weight excluding hydrogens is 132 g/mol. The molecule has 1 aliphatic rings. The average molecular weight is 152 g/mol. The van der Waals surface area contributed by atoms with Crippen LogP contribution in [-0.4, -0.2) is 0 Å². The Hall–Kier alpha value is -0.260. The van der Waals surface area contributed by atoms with Gasteiger partial charge in [0.25, 0.3) is 0 Å². The highest BCUT2D eigenvalue weighted by molar-refractivity contribution is 5.13. The van der Waals surface area contributed by atoms with Gasteiger partial charge in [-0.3, -0.25) is 0 Å². The van der Waals surface area contributed by atoms with Gasteiger partial charge >= 0.3 is 0 Å². The highest BCUT2D eigenvalue weighted by atomic mass is 14.3. The Morgan fingerprint density at radius 1 is 1.27 bits per heavy atom. The molecule has 11 heavy (non-hydrogen) atoms. The van der Waals surface area contributed by atoms with Crippen molar-refractivity contribution in [2.45, 2.75) is 53.4 Å². The van der Waals surface area contributed by atoms with Crippen LogP contribution in [0.3, 0.4) is 0 Å². The Balaban J connectivity index is 2.68. The summed E-state index contributed by atoms with van der Waals surface area (Å²) in [5, 5.41) is 0. The van der Waals surface area contributed by atoms with Gasteiger partial charge in [0, 0.05) is 0 Å². The molecule has 0 saturated heterocycles. The molecule has 64 valence electrons. The fourth-order valence-electron chi connectivity index (χ4n) is 1.96. The molecule has 0 spiro atoms. The van der Waals surface area contributed by atoms with Gasteiger partial charge in [-0.1, -0.05) is 25.0 Å². The third kappa shape index (κ3) is 2.36. The van der Waals surface area contributed by atoms with Crippen LogP contribution in [0.4, 0.5) is 0 Å². The van der Waals surface area contributed by atoms with E-state index in [2.05, 4.69) is 27.7 Å². The Morgan fingerprint density at radius 2 is 1.91 bits per heavy atom. The Morgan fingerprint density at radius 3 is 2.27 bits per heavy atom. The van der Waals surface area contributed by atoms with Gasteiger partial charge in [0.15, 0.2) is 0 Å². The lowest BCUT2D eigenvalue weighted by Crippen LogP contribution is -2.17. The molecule has 0 aromatic rings. The fraction of sp³-hybridized carbons (Fsp3) is 0.818. The largest absolute Gasteiger partial charge is 0.0772 e. The van der Waals surface area contributed by atoms with Gasteiger partial charge in [-0.2, -0.15) is 0 Å². The molecule has 0 atom stereocenters. The van der Waals surface area contributed by atoms with E-state index >= 15 is 0 Å². The van der Waals surface area contributed by atoms with Crippen LogP contribution in [0.1, 0.15) is 53.4 Å². The first-order valence-corrected chi connectivity index (χ1v) is 4.66. The topological polar surface area (TPSA) is 0 Å². The van der Waals surface area contributed by atoms with Crippen LogP contribution in [0.2, 0.25) is 0 Å². The van der Waals surface area contributed by atoms with E-state index in [0.717, 1.165) is 0 Å². The molecule has 1 saturated carbocycles. The predicted octanol–water partition coefficient (Wildman–Crippen LogP) is 3.92. The van der Waals surface area contributed by atoms with Crippen LogP contribution < -0.4 is 0 Å². The van der Waals surface area contributed by atoms with E-state index in [9.17, 15) is 0 Å². The number of rotatable bonds is 0. The lowest BCUT2D eigenvalue weighted by atomic mass is 9.74. The summed E-state index contributed by atoms with van der Waals surface area (Å²) in [6.07, 6.45) is 5.48. The van der Waals surface area contributed by atoms with E-state index < -0.39 is 0 Å². The molecule has 0 N–H and O–H groups in total. The van der Waals surface area contributed by atoms with E-state index in [0.29, 0.717) is 5.41 Å². The Bertz CT molecular complexity index is 168. The summed E-state index contributed by atoms with van der Waals surface area (Å²) in [7, 11) is 0. The SMILES string of the molecule is CC(C)=C1CCCC(C)(C)C1. The van der Waals surface area contributed by atoms with E-state index in [1.807, 2.05) is 0 Å². The van der Waals surface area contributed by atoms with Gasteiger partial charge in [-0.25, -0.2) is 0 Å². The van der Waals surface area contributed by atoms with E-state index in [-0.39, 0.29) is 0 Å². The molecule has 1 aliphatic carbocycles. The zero-order valence-electron chi connectivity index (χ0n) is 8.33. The number of allylic oxidation sites excluding steroid dienone is 2. The normalized spacial score (nSPS) is 23.5. The molecule has 0 aromatic carbocycles. The zero-order chi connectivity index (χ0) is 8.48. The van der Waals surface area contributed by atoms with Crippen molar-refractivity contribution < 1.29 is 0 Å². The highest BCUT2D eigenvalue weighted by Crippen LogP contribution is 2.39. The second-order valence-electron chi connectivity index (χ2n) is 4.80. The van der Waals surface area contributed by atoms with Crippen LogP contribution in [0, 0.1) is 5.41 Å². The third-order valence-corrected chi connectivity index (χ3v) is 2.73. The molecule has 0 heteroatoms. The third-order valence-electron chi connectivity index (χ3n) is 2.73. The summed E-state index contributed by atoms with van der Waals surface area (Å²) in [5.41, 5.74) is 3.84. The molecule has 1 rings (SSSR count). The fourth-order valence-corrected chi connectivity index (χ4v) is 1.96. The minimum atomic E-state index is 0.574. The van der Waals surface area contributed by atoms with Crippen LogP contribution in [-0.2, 0) is 0 Å². The molecule has 0 nitrogen and oxygen atoms in total. The Kier molecular flexibility index (Phi) is 2.41. The molecule has 1 fully saturated rings. The Labute approximate surface area is 70.7 Å². The highest BCUT2D eigenvalue weighted by Gasteiger charge is 2.23. The van der Waals surface area contributed by atoms with E-state index in [1.165, 1.54) is 25.7 Å². The minimum absolute atomic E-state index is 0.574. The van der Waals surface area contributed by atoms with Crippen LogP contribution in [0.25, 0.3) is 0 Å². The van der Waals surface area contributed by atoms with Crippen LogP contribution >= 0.6 is 0 Å². The van der Waals surface area contributed by atoms with Gasteiger partial charge < -0.3 is 0 Å². The van der Waals surface area contributed by atoms with Crippen molar-refractivity contribution in [1.29, 1.82) is 0 Å². The molecule has 0 radical (unpaired) electrons. The maximum absolute atomic E-state index is 2.38. The van der Waals surface area contributed by atoms with E-state index in [1.54, 1.807) is 11.1 Å². The molecule has 0 aliphatic heterocycles. The first-order chi connectivity index (χ1) is 5.01. The zero-order valence-corrected chi connectivity index (χ0v) is 8.33. The average Bonchev–Trinajstić information content (AvgIpc) is 1.85. The summed E-state index contributed by atoms with van der Waals surface area (Å²) in [6, 6.07) is 0. The minimum Gasteiger partial charge on any atom is -0.0772 e. The quantitative estimate of drug-likeness (QED) is 0.461. The maximum Gasteiger partial charge on any atom is -0.0266 e. The first kappa shape index (κ1) is 8.83. The van der Waals surface area contributed by atoms with Crippen LogP contribution in [0.15, 0.2) is 11.1 Å². The second kappa shape index (κ2) is 3.00. The molecule has 0 unspecified atom stereocenters. The van der Waals surface area contributed by atoms with Gasteiger partial charge in [0.1, 0.15) is 0 Å². The first-order valence-electron chi connectivity index (χ1n) is 4.66. The summed E-state index contributed by atoms with van der Waals surface area (Å²) in [4.78, 5) is 0. The van der Waals surface area contributed by atoms with Gasteiger partial charge in [-0.15, -0.1) is 0 Å². The summed E-state index contributed by atoms with van der Waals surface area (Å²) >= 11 is 0. The molecular formula is C11H20. The number of hydrogen-bond donors (Lipinski definition) is 0. The van der Waals surface area contributed by atoms with Crippen molar-refractivity contribution in [2.75, 3.05) is 0 Å². The molecule has 0 aromatic heterocycles. The second-order valence-corrected chi connectivity index (χ2v) is 4.80. The lowest BCUT2D eigenvalue weighted by molar-refractivity contribution is 0.288. The van der Waals surface area contributed by atoms with Crippen molar-refractivity contribution in [3.05, 3.63) is 11.1 Å². The molecule has 0 bridgehead atoms. The summed E-state index contributed by atoms with van der Waals surface area (Å²) in [5.74, 6) is 0. The lowest BCUT2D eigenvalue weighted by Gasteiger charge is -2.32. The summed E-state index contributed by atoms with van der Waals surface area (Å²) in [6.45, 7) is 9.26. The van der Waals surface area contributed by atoms with Crippen molar-refractivity contribution in [3.8, 4) is 0 Å². The molecule has 0 amide bonds. The summed E-state index contributed by atoms with van der Waals surface area (Å²) < 4.78 is 0. The predicted molar refractivity (Wildman–Crippen MR) is 50.6 cm³/mol. The number of hydrogen-bond acceptors (Lipinski definition) is 0. The van der Waals surface area contributed by atoms with E-state index in [4.69, 9.17) is 0 Å². The van der Waals surface area contributed by atoms with Crippen molar-refractivity contribution in [1.82, 2.24) is 0 Å².